The quantitative estimate of drug-likeness (QED) is 0.531. The number of pyridine rings is 1. The van der Waals surface area contributed by atoms with Crippen LogP contribution in [-0.4, -0.2) is 25.4 Å². The molecule has 29 heavy (non-hydrogen) atoms. The largest absolute Gasteiger partial charge is 0.347 e. The van der Waals surface area contributed by atoms with E-state index in [-0.39, 0.29) is 5.91 Å². The van der Waals surface area contributed by atoms with Crippen LogP contribution in [0.1, 0.15) is 16.1 Å². The molecule has 3 aromatic heterocycles. The van der Waals surface area contributed by atoms with Gasteiger partial charge >= 0.3 is 0 Å². The molecule has 144 valence electrons. The Bertz CT molecular complexity index is 1090. The van der Waals surface area contributed by atoms with Crippen LogP contribution in [0.5, 0.6) is 0 Å². The molecule has 3 heterocycles. The molecular formula is C22H20N6O. The lowest BCUT2D eigenvalue weighted by Gasteiger charge is -2.05. The van der Waals surface area contributed by atoms with Gasteiger partial charge in [-0.05, 0) is 23.8 Å². The summed E-state index contributed by atoms with van der Waals surface area (Å²) in [4.78, 5) is 25.3. The summed E-state index contributed by atoms with van der Waals surface area (Å²) in [5.41, 5.74) is 4.16. The molecule has 2 N–H and O–H groups in total. The van der Waals surface area contributed by atoms with E-state index in [9.17, 15) is 4.79 Å². The number of carbonyl (C=O) groups excluding carboxylic acids is 1. The average Bonchev–Trinajstić information content (AvgIpc) is 3.16. The molecule has 0 aliphatic heterocycles. The van der Waals surface area contributed by atoms with Gasteiger partial charge in [-0.2, -0.15) is 0 Å². The van der Waals surface area contributed by atoms with Crippen molar-refractivity contribution in [3.8, 4) is 11.1 Å². The van der Waals surface area contributed by atoms with Gasteiger partial charge in [0, 0.05) is 49.5 Å². The number of nitrogens with one attached hydrogen (secondary N) is 2. The predicted molar refractivity (Wildman–Crippen MR) is 112 cm³/mol. The molecule has 0 radical (unpaired) electrons. The van der Waals surface area contributed by atoms with Gasteiger partial charge in [0.05, 0.1) is 11.9 Å². The van der Waals surface area contributed by atoms with Crippen molar-refractivity contribution in [2.24, 2.45) is 7.05 Å². The number of aromatic nitrogens is 4. The van der Waals surface area contributed by atoms with Crippen LogP contribution in [-0.2, 0) is 13.6 Å². The van der Waals surface area contributed by atoms with Crippen LogP contribution < -0.4 is 10.6 Å². The number of hydrogen-bond donors (Lipinski definition) is 2. The minimum atomic E-state index is -0.126. The van der Waals surface area contributed by atoms with Crippen LogP contribution in [0.25, 0.3) is 11.1 Å². The van der Waals surface area contributed by atoms with Gasteiger partial charge in [0.1, 0.15) is 5.69 Å². The van der Waals surface area contributed by atoms with Crippen molar-refractivity contribution in [2.75, 3.05) is 5.32 Å². The fourth-order valence-electron chi connectivity index (χ4n) is 2.92. The number of amides is 1. The number of carbonyl (C=O) groups is 1. The summed E-state index contributed by atoms with van der Waals surface area (Å²) in [6, 6.07) is 15.4. The van der Waals surface area contributed by atoms with Crippen molar-refractivity contribution < 1.29 is 4.79 Å². The van der Waals surface area contributed by atoms with Gasteiger partial charge in [-0.15, -0.1) is 0 Å². The first kappa shape index (κ1) is 18.4. The Balaban J connectivity index is 1.45. The number of aryl methyl sites for hydroxylation is 1. The maximum absolute atomic E-state index is 12.6. The molecule has 7 nitrogen and oxygen atoms in total. The second-order valence-corrected chi connectivity index (χ2v) is 6.56. The van der Waals surface area contributed by atoms with Crippen molar-refractivity contribution in [3.05, 3.63) is 90.8 Å². The third-order valence-corrected chi connectivity index (χ3v) is 4.44. The van der Waals surface area contributed by atoms with Gasteiger partial charge < -0.3 is 15.2 Å². The van der Waals surface area contributed by atoms with E-state index in [0.29, 0.717) is 18.2 Å². The molecule has 0 fully saturated rings. The molecular weight excluding hydrogens is 364 g/mol. The number of anilines is 2. The van der Waals surface area contributed by atoms with E-state index in [1.807, 2.05) is 61.8 Å². The number of nitrogens with zero attached hydrogens (tertiary/aromatic N) is 4. The van der Waals surface area contributed by atoms with E-state index in [2.05, 4.69) is 25.6 Å². The van der Waals surface area contributed by atoms with Crippen molar-refractivity contribution in [2.45, 2.75) is 6.54 Å². The normalized spacial score (nSPS) is 10.5. The molecule has 0 bridgehead atoms. The van der Waals surface area contributed by atoms with E-state index in [1.54, 1.807) is 29.4 Å². The van der Waals surface area contributed by atoms with Gasteiger partial charge in [-0.25, -0.2) is 9.97 Å². The lowest BCUT2D eigenvalue weighted by molar-refractivity contribution is 0.0943. The second-order valence-electron chi connectivity index (χ2n) is 6.56. The maximum Gasteiger partial charge on any atom is 0.268 e. The molecule has 0 saturated carbocycles. The van der Waals surface area contributed by atoms with Gasteiger partial charge in [0.2, 0.25) is 5.95 Å². The molecule has 1 amide bonds. The van der Waals surface area contributed by atoms with Crippen LogP contribution in [0.15, 0.2) is 79.5 Å². The smallest absolute Gasteiger partial charge is 0.268 e. The van der Waals surface area contributed by atoms with Gasteiger partial charge in [-0.3, -0.25) is 9.78 Å². The summed E-state index contributed by atoms with van der Waals surface area (Å²) in [5, 5.41) is 6.05. The maximum atomic E-state index is 12.6. The highest BCUT2D eigenvalue weighted by Gasteiger charge is 2.13. The molecule has 4 aromatic rings. The minimum absolute atomic E-state index is 0.126. The molecule has 1 aromatic carbocycles. The van der Waals surface area contributed by atoms with Crippen LogP contribution >= 0.6 is 0 Å². The standard InChI is InChI=1S/C22H20N6O/c1-28-15-17(10-20(28)21(29)24-11-16-6-3-2-4-7-16)18-12-25-22(26-13-18)27-19-8-5-9-23-14-19/h2-10,12-15H,11H2,1H3,(H,24,29)(H,25,26,27). The fourth-order valence-corrected chi connectivity index (χ4v) is 2.92. The Morgan fingerprint density at radius 3 is 2.52 bits per heavy atom. The third kappa shape index (κ3) is 4.47. The lowest BCUT2D eigenvalue weighted by atomic mass is 10.2. The molecule has 7 heteroatoms. The van der Waals surface area contributed by atoms with Crippen LogP contribution in [0.3, 0.4) is 0 Å². The summed E-state index contributed by atoms with van der Waals surface area (Å²) < 4.78 is 1.80. The molecule has 0 spiro atoms. The highest BCUT2D eigenvalue weighted by atomic mass is 16.1. The highest BCUT2D eigenvalue weighted by Crippen LogP contribution is 2.21. The topological polar surface area (TPSA) is 84.7 Å². The van der Waals surface area contributed by atoms with Crippen molar-refractivity contribution in [3.63, 3.8) is 0 Å². The summed E-state index contributed by atoms with van der Waals surface area (Å²) >= 11 is 0. The van der Waals surface area contributed by atoms with Crippen LogP contribution in [0.2, 0.25) is 0 Å². The third-order valence-electron chi connectivity index (χ3n) is 4.44. The molecule has 0 aliphatic rings. The molecule has 0 saturated heterocycles. The highest BCUT2D eigenvalue weighted by molar-refractivity contribution is 5.94. The zero-order valence-electron chi connectivity index (χ0n) is 15.9. The predicted octanol–water partition coefficient (Wildman–Crippen LogP) is 3.55. The fraction of sp³-hybridized carbons (Fsp3) is 0.0909. The molecule has 0 atom stereocenters. The van der Waals surface area contributed by atoms with E-state index in [1.165, 1.54) is 0 Å². The number of hydrogen-bond acceptors (Lipinski definition) is 5. The van der Waals surface area contributed by atoms with E-state index in [4.69, 9.17) is 0 Å². The van der Waals surface area contributed by atoms with E-state index in [0.717, 1.165) is 22.4 Å². The Hall–Kier alpha value is -4.00. The summed E-state index contributed by atoms with van der Waals surface area (Å²) in [7, 11) is 1.85. The Labute approximate surface area is 168 Å². The zero-order valence-corrected chi connectivity index (χ0v) is 15.9. The Morgan fingerprint density at radius 2 is 1.79 bits per heavy atom. The lowest BCUT2D eigenvalue weighted by Crippen LogP contribution is -2.24. The minimum Gasteiger partial charge on any atom is -0.347 e. The second kappa shape index (κ2) is 8.35. The Morgan fingerprint density at radius 1 is 1.00 bits per heavy atom. The molecule has 4 rings (SSSR count). The van der Waals surface area contributed by atoms with Crippen molar-refractivity contribution in [1.82, 2.24) is 24.8 Å². The molecule has 0 unspecified atom stereocenters. The molecule has 0 aliphatic carbocycles. The van der Waals surface area contributed by atoms with Gasteiger partial charge in [0.25, 0.3) is 5.91 Å². The summed E-state index contributed by atoms with van der Waals surface area (Å²) in [6.45, 7) is 0.484. The van der Waals surface area contributed by atoms with Crippen molar-refractivity contribution >= 4 is 17.5 Å². The monoisotopic (exact) mass is 384 g/mol. The first-order valence-corrected chi connectivity index (χ1v) is 9.17. The SMILES string of the molecule is Cn1cc(-c2cnc(Nc3cccnc3)nc2)cc1C(=O)NCc1ccccc1. The van der Waals surface area contributed by atoms with E-state index >= 15 is 0 Å². The number of benzene rings is 1. The Kier molecular flexibility index (Phi) is 5.29. The summed E-state index contributed by atoms with van der Waals surface area (Å²) in [5.74, 6) is 0.358. The van der Waals surface area contributed by atoms with E-state index < -0.39 is 0 Å². The summed E-state index contributed by atoms with van der Waals surface area (Å²) in [6.07, 6.45) is 8.76. The van der Waals surface area contributed by atoms with Gasteiger partial charge in [0.15, 0.2) is 0 Å². The zero-order chi connectivity index (χ0) is 20.1. The van der Waals surface area contributed by atoms with Crippen LogP contribution in [0, 0.1) is 0 Å². The number of rotatable bonds is 6. The van der Waals surface area contributed by atoms with Gasteiger partial charge in [-0.1, -0.05) is 30.3 Å². The van der Waals surface area contributed by atoms with Crippen LogP contribution in [0.4, 0.5) is 11.6 Å². The van der Waals surface area contributed by atoms with Crippen molar-refractivity contribution in [1.29, 1.82) is 0 Å². The average molecular weight is 384 g/mol. The first-order chi connectivity index (χ1) is 14.2. The first-order valence-electron chi connectivity index (χ1n) is 9.17.